The summed E-state index contributed by atoms with van der Waals surface area (Å²) in [6.45, 7) is 11.2. The molecule has 8 nitrogen and oxygen atoms in total. The molecule has 1 aromatic rings. The fraction of sp³-hybridized carbons (Fsp3) is 0.677. The van der Waals surface area contributed by atoms with E-state index >= 15 is 0 Å². The summed E-state index contributed by atoms with van der Waals surface area (Å²) in [5.74, 6) is -0.581. The topological polar surface area (TPSA) is 105 Å². The lowest BCUT2D eigenvalue weighted by molar-refractivity contribution is -0.133. The van der Waals surface area contributed by atoms with E-state index in [1.807, 2.05) is 38.1 Å². The molecule has 1 aliphatic heterocycles. The number of ketones is 2. The second kappa shape index (κ2) is 17.8. The second-order valence-corrected chi connectivity index (χ2v) is 10.9. The highest BCUT2D eigenvalue weighted by molar-refractivity contribution is 5.93. The van der Waals surface area contributed by atoms with Crippen LogP contribution in [-0.2, 0) is 25.6 Å². The number of Topliss-reactive ketones (excluding diaryl/α,β-unsaturated/α-hetero) is 2. The smallest absolute Gasteiger partial charge is 0.224 e. The van der Waals surface area contributed by atoms with E-state index in [-0.39, 0.29) is 42.3 Å². The third kappa shape index (κ3) is 12.3. The minimum absolute atomic E-state index is 0.0103. The lowest BCUT2D eigenvalue weighted by atomic mass is 9.84. The summed E-state index contributed by atoms with van der Waals surface area (Å²) in [6, 6.07) is 6.94. The number of nitrogens with zero attached hydrogens (tertiary/aromatic N) is 1. The summed E-state index contributed by atoms with van der Waals surface area (Å²) in [4.78, 5) is 52.8. The minimum Gasteiger partial charge on any atom is -0.492 e. The number of unbranched alkanes of at least 4 members (excludes halogenated alkanes) is 2. The van der Waals surface area contributed by atoms with Gasteiger partial charge in [0.2, 0.25) is 11.8 Å². The molecule has 1 aliphatic rings. The Hall–Kier alpha value is -2.74. The number of carbonyl (C=O) groups is 4. The Morgan fingerprint density at radius 2 is 1.72 bits per heavy atom. The molecule has 2 N–H and O–H groups in total. The predicted octanol–water partition coefficient (Wildman–Crippen LogP) is 4.10. The van der Waals surface area contributed by atoms with Crippen molar-refractivity contribution in [1.29, 1.82) is 0 Å². The summed E-state index contributed by atoms with van der Waals surface area (Å²) in [5.41, 5.74) is 0.912. The Morgan fingerprint density at radius 1 is 1.03 bits per heavy atom. The van der Waals surface area contributed by atoms with Gasteiger partial charge >= 0.3 is 0 Å². The van der Waals surface area contributed by atoms with E-state index in [1.54, 1.807) is 0 Å². The molecule has 39 heavy (non-hydrogen) atoms. The van der Waals surface area contributed by atoms with Crippen molar-refractivity contribution in [3.05, 3.63) is 29.8 Å². The highest BCUT2D eigenvalue weighted by Crippen LogP contribution is 2.22. The second-order valence-electron chi connectivity index (χ2n) is 10.9. The van der Waals surface area contributed by atoms with E-state index < -0.39 is 12.0 Å². The van der Waals surface area contributed by atoms with Crippen LogP contribution in [-0.4, -0.2) is 67.1 Å². The lowest BCUT2D eigenvalue weighted by Crippen LogP contribution is -2.45. The van der Waals surface area contributed by atoms with Crippen molar-refractivity contribution in [3.63, 3.8) is 0 Å². The SMILES string of the molecule is CCCCCC(=O)NC(Cc1ccc(OCCN2CCCC2)cc1)C(=O)CC(C(=O)NCC(C)=O)C(C)CC. The summed E-state index contributed by atoms with van der Waals surface area (Å²) in [7, 11) is 0. The number of likely N-dealkylation sites (tertiary alicyclic amines) is 1. The Labute approximate surface area is 234 Å². The average molecular weight is 544 g/mol. The number of hydrogen-bond acceptors (Lipinski definition) is 6. The molecule has 218 valence electrons. The standard InChI is InChI=1S/C31H49N3O5/c1-5-7-8-11-30(37)33-28(29(36)21-27(23(3)6-2)31(38)32-22-24(4)35)20-25-12-14-26(15-13-25)39-19-18-34-16-9-10-17-34/h12-15,23,27-28H,5-11,16-22H2,1-4H3,(H,32,38)(H,33,37). The fourth-order valence-electron chi connectivity index (χ4n) is 4.84. The normalized spacial score (nSPS) is 15.8. The van der Waals surface area contributed by atoms with E-state index in [4.69, 9.17) is 4.74 Å². The molecule has 0 aromatic heterocycles. The lowest BCUT2D eigenvalue weighted by Gasteiger charge is -2.25. The van der Waals surface area contributed by atoms with Crippen LogP contribution < -0.4 is 15.4 Å². The van der Waals surface area contributed by atoms with Crippen LogP contribution in [0.1, 0.15) is 84.6 Å². The van der Waals surface area contributed by atoms with E-state index in [0.29, 0.717) is 19.4 Å². The molecule has 1 fully saturated rings. The summed E-state index contributed by atoms with van der Waals surface area (Å²) in [6.07, 6.45) is 6.69. The highest BCUT2D eigenvalue weighted by atomic mass is 16.5. The monoisotopic (exact) mass is 543 g/mol. The Kier molecular flexibility index (Phi) is 14.8. The van der Waals surface area contributed by atoms with Crippen molar-refractivity contribution in [2.45, 2.75) is 91.5 Å². The summed E-state index contributed by atoms with van der Waals surface area (Å²) >= 11 is 0. The Bertz CT molecular complexity index is 911. The number of benzene rings is 1. The molecule has 1 aromatic carbocycles. The zero-order chi connectivity index (χ0) is 28.6. The molecule has 0 spiro atoms. The molecule has 1 heterocycles. The number of hydrogen-bond donors (Lipinski definition) is 2. The van der Waals surface area contributed by atoms with Crippen molar-refractivity contribution < 1.29 is 23.9 Å². The number of nitrogens with one attached hydrogen (secondary N) is 2. The predicted molar refractivity (Wildman–Crippen MR) is 154 cm³/mol. The molecule has 1 saturated heterocycles. The van der Waals surface area contributed by atoms with E-state index in [0.717, 1.165) is 56.6 Å². The van der Waals surface area contributed by atoms with E-state index in [9.17, 15) is 19.2 Å². The van der Waals surface area contributed by atoms with E-state index in [1.165, 1.54) is 19.8 Å². The van der Waals surface area contributed by atoms with Crippen molar-refractivity contribution in [2.24, 2.45) is 11.8 Å². The van der Waals surface area contributed by atoms with Crippen molar-refractivity contribution >= 4 is 23.4 Å². The van der Waals surface area contributed by atoms with Gasteiger partial charge in [-0.2, -0.15) is 0 Å². The van der Waals surface area contributed by atoms with Gasteiger partial charge in [-0.25, -0.2) is 0 Å². The number of ether oxygens (including phenoxy) is 1. The van der Waals surface area contributed by atoms with E-state index in [2.05, 4.69) is 22.5 Å². The largest absolute Gasteiger partial charge is 0.492 e. The van der Waals surface area contributed by atoms with Gasteiger partial charge < -0.3 is 15.4 Å². The summed E-state index contributed by atoms with van der Waals surface area (Å²) in [5, 5.41) is 5.61. The van der Waals surface area contributed by atoms with Crippen LogP contribution in [0.4, 0.5) is 0 Å². The minimum atomic E-state index is -0.728. The first kappa shape index (κ1) is 32.5. The number of rotatable bonds is 19. The van der Waals surface area contributed by atoms with Gasteiger partial charge in [0.15, 0.2) is 5.78 Å². The molecular weight excluding hydrogens is 494 g/mol. The molecule has 0 saturated carbocycles. The molecular formula is C31H49N3O5. The molecule has 3 atom stereocenters. The third-order valence-electron chi connectivity index (χ3n) is 7.57. The quantitative estimate of drug-likeness (QED) is 0.255. The molecule has 0 aliphatic carbocycles. The maximum atomic E-state index is 13.5. The van der Waals surface area contributed by atoms with Gasteiger partial charge in [0.05, 0.1) is 12.6 Å². The summed E-state index contributed by atoms with van der Waals surface area (Å²) < 4.78 is 5.91. The van der Waals surface area contributed by atoms with Gasteiger partial charge in [-0.1, -0.05) is 52.2 Å². The van der Waals surface area contributed by atoms with Crippen LogP contribution in [0.3, 0.4) is 0 Å². The molecule has 0 bridgehead atoms. The van der Waals surface area contributed by atoms with Crippen LogP contribution in [0.5, 0.6) is 5.75 Å². The van der Waals surface area contributed by atoms with Crippen molar-refractivity contribution in [3.8, 4) is 5.75 Å². The highest BCUT2D eigenvalue weighted by Gasteiger charge is 2.31. The van der Waals surface area contributed by atoms with Crippen LogP contribution in [0, 0.1) is 11.8 Å². The zero-order valence-corrected chi connectivity index (χ0v) is 24.4. The maximum absolute atomic E-state index is 13.5. The van der Waals surface area contributed by atoms with Crippen LogP contribution in [0.25, 0.3) is 0 Å². The third-order valence-corrected chi connectivity index (χ3v) is 7.57. The van der Waals surface area contributed by atoms with Crippen LogP contribution in [0.2, 0.25) is 0 Å². The molecule has 2 amide bonds. The van der Waals surface area contributed by atoms with Gasteiger partial charge in [0.1, 0.15) is 18.1 Å². The average Bonchev–Trinajstić information content (AvgIpc) is 3.44. The first-order chi connectivity index (χ1) is 18.7. The first-order valence-corrected chi connectivity index (χ1v) is 14.8. The maximum Gasteiger partial charge on any atom is 0.224 e. The molecule has 2 rings (SSSR count). The van der Waals surface area contributed by atoms with Gasteiger partial charge in [0, 0.05) is 25.3 Å². The van der Waals surface area contributed by atoms with Gasteiger partial charge in [0.25, 0.3) is 0 Å². The number of amides is 2. The zero-order valence-electron chi connectivity index (χ0n) is 24.4. The van der Waals surface area contributed by atoms with Crippen molar-refractivity contribution in [2.75, 3.05) is 32.8 Å². The van der Waals surface area contributed by atoms with Crippen LogP contribution >= 0.6 is 0 Å². The van der Waals surface area contributed by atoms with Crippen LogP contribution in [0.15, 0.2) is 24.3 Å². The Balaban J connectivity index is 2.07. The van der Waals surface area contributed by atoms with Gasteiger partial charge in [-0.3, -0.25) is 24.1 Å². The number of carbonyl (C=O) groups excluding carboxylic acids is 4. The van der Waals surface area contributed by atoms with Crippen molar-refractivity contribution in [1.82, 2.24) is 15.5 Å². The molecule has 8 heteroatoms. The van der Waals surface area contributed by atoms with Gasteiger partial charge in [-0.05, 0) is 69.3 Å². The molecule has 0 radical (unpaired) electrons. The fourth-order valence-corrected chi connectivity index (χ4v) is 4.84. The Morgan fingerprint density at radius 3 is 2.33 bits per heavy atom. The first-order valence-electron chi connectivity index (χ1n) is 14.8. The van der Waals surface area contributed by atoms with Gasteiger partial charge in [-0.15, -0.1) is 0 Å². The molecule has 3 unspecified atom stereocenters.